The predicted octanol–water partition coefficient (Wildman–Crippen LogP) is 4.40. The Morgan fingerprint density at radius 3 is 2.65 bits per heavy atom. The zero-order chi connectivity index (χ0) is 21.9. The summed E-state index contributed by atoms with van der Waals surface area (Å²) in [6.07, 6.45) is 6.87. The van der Waals surface area contributed by atoms with E-state index in [1.165, 1.54) is 36.1 Å². The van der Waals surface area contributed by atoms with Gasteiger partial charge < -0.3 is 19.9 Å². The fourth-order valence-corrected chi connectivity index (χ4v) is 4.14. The van der Waals surface area contributed by atoms with Gasteiger partial charge in [-0.3, -0.25) is 4.79 Å². The van der Waals surface area contributed by atoms with Crippen LogP contribution < -0.4 is 15.1 Å². The molecule has 31 heavy (non-hydrogen) atoms. The number of anilines is 2. The van der Waals surface area contributed by atoms with Crippen molar-refractivity contribution in [2.75, 3.05) is 50.2 Å². The van der Waals surface area contributed by atoms with E-state index in [9.17, 15) is 4.79 Å². The zero-order valence-electron chi connectivity index (χ0n) is 19.1. The molecule has 0 spiro atoms. The highest BCUT2D eigenvalue weighted by Crippen LogP contribution is 2.27. The van der Waals surface area contributed by atoms with Crippen LogP contribution in [0.1, 0.15) is 43.2 Å². The fraction of sp³-hybridized carbons (Fsp3) is 0.500. The summed E-state index contributed by atoms with van der Waals surface area (Å²) in [5.41, 5.74) is 4.71. The topological polar surface area (TPSA) is 44.8 Å². The van der Waals surface area contributed by atoms with Gasteiger partial charge in [-0.25, -0.2) is 0 Å². The summed E-state index contributed by atoms with van der Waals surface area (Å²) < 4.78 is 5.17. The number of nitrogens with one attached hydrogen (secondary N) is 1. The molecule has 0 unspecified atom stereocenters. The molecule has 3 rings (SSSR count). The van der Waals surface area contributed by atoms with E-state index in [-0.39, 0.29) is 12.5 Å². The molecule has 0 bridgehead atoms. The number of carbonyl (C=O) groups is 1. The number of likely N-dealkylation sites (N-methyl/N-ethyl adjacent to an activating group) is 1. The number of hydrogen-bond acceptors (Lipinski definition) is 4. The minimum atomic E-state index is 0.0333. The lowest BCUT2D eigenvalue weighted by atomic mass is 10.1. The van der Waals surface area contributed by atoms with Crippen LogP contribution in [0.15, 0.2) is 48.5 Å². The van der Waals surface area contributed by atoms with Crippen LogP contribution in [0, 0.1) is 0 Å². The highest BCUT2D eigenvalue weighted by atomic mass is 16.5. The maximum atomic E-state index is 12.8. The summed E-state index contributed by atoms with van der Waals surface area (Å²) >= 11 is 0. The van der Waals surface area contributed by atoms with Crippen molar-refractivity contribution in [3.05, 3.63) is 59.7 Å². The van der Waals surface area contributed by atoms with Crippen molar-refractivity contribution in [3.63, 3.8) is 0 Å². The summed E-state index contributed by atoms with van der Waals surface area (Å²) in [7, 11) is 3.73. The van der Waals surface area contributed by atoms with Crippen LogP contribution >= 0.6 is 0 Å². The van der Waals surface area contributed by atoms with Crippen molar-refractivity contribution in [1.82, 2.24) is 5.32 Å². The molecule has 2 aromatic rings. The number of nitrogens with zero attached hydrogens (tertiary/aromatic N) is 2. The van der Waals surface area contributed by atoms with Gasteiger partial charge in [0.05, 0.1) is 0 Å². The van der Waals surface area contributed by atoms with Gasteiger partial charge in [0.25, 0.3) is 5.91 Å². The van der Waals surface area contributed by atoms with Crippen molar-refractivity contribution in [1.29, 1.82) is 0 Å². The Kier molecular flexibility index (Phi) is 9.38. The van der Waals surface area contributed by atoms with E-state index in [2.05, 4.69) is 65.8 Å². The third kappa shape index (κ3) is 7.08. The van der Waals surface area contributed by atoms with Gasteiger partial charge >= 0.3 is 0 Å². The maximum Gasteiger partial charge on any atom is 0.252 e. The zero-order valence-corrected chi connectivity index (χ0v) is 19.1. The number of fused-ring (bicyclic) bond motifs is 1. The molecule has 0 aromatic heterocycles. The summed E-state index contributed by atoms with van der Waals surface area (Å²) in [4.78, 5) is 17.0. The second kappa shape index (κ2) is 12.5. The first-order valence-corrected chi connectivity index (χ1v) is 11.6. The number of methoxy groups -OCH3 is 1. The Balaban J connectivity index is 1.80. The van der Waals surface area contributed by atoms with Crippen LogP contribution in [0.5, 0.6) is 0 Å². The smallest absolute Gasteiger partial charge is 0.252 e. The van der Waals surface area contributed by atoms with Crippen LogP contribution in [0.4, 0.5) is 11.4 Å². The predicted molar refractivity (Wildman–Crippen MR) is 129 cm³/mol. The lowest BCUT2D eigenvalue weighted by molar-refractivity contribution is -0.122. The normalized spacial score (nSPS) is 15.5. The highest BCUT2D eigenvalue weighted by molar-refractivity contribution is 5.95. The van der Waals surface area contributed by atoms with Gasteiger partial charge in [-0.2, -0.15) is 0 Å². The average Bonchev–Trinajstić information content (AvgIpc) is 2.78. The summed E-state index contributed by atoms with van der Waals surface area (Å²) in [5, 5.41) is 3.59. The van der Waals surface area contributed by atoms with E-state index in [4.69, 9.17) is 4.74 Å². The Labute approximate surface area is 187 Å². The SMILES string of the molecule is COCC(=O)N1CCCCCCCNCc2cc(N(C)CCc3ccccc3)ccc21. The summed E-state index contributed by atoms with van der Waals surface area (Å²) in [5.74, 6) is 0.0333. The monoisotopic (exact) mass is 423 g/mol. The minimum absolute atomic E-state index is 0.0333. The number of hydrogen-bond donors (Lipinski definition) is 1. The molecular formula is C26H37N3O2. The molecule has 168 valence electrons. The first kappa shape index (κ1) is 23.3. The molecule has 5 nitrogen and oxygen atoms in total. The molecule has 0 fully saturated rings. The third-order valence-corrected chi connectivity index (χ3v) is 5.99. The second-order valence-corrected chi connectivity index (χ2v) is 8.39. The molecule has 5 heteroatoms. The van der Waals surface area contributed by atoms with Crippen molar-refractivity contribution in [2.45, 2.75) is 45.1 Å². The third-order valence-electron chi connectivity index (χ3n) is 5.99. The highest BCUT2D eigenvalue weighted by Gasteiger charge is 2.19. The average molecular weight is 424 g/mol. The van der Waals surface area contributed by atoms with E-state index < -0.39 is 0 Å². The van der Waals surface area contributed by atoms with E-state index in [0.717, 1.165) is 51.1 Å². The number of amides is 1. The fourth-order valence-electron chi connectivity index (χ4n) is 4.14. The molecule has 1 heterocycles. The van der Waals surface area contributed by atoms with Crippen LogP contribution in [0.25, 0.3) is 0 Å². The molecule has 1 amide bonds. The van der Waals surface area contributed by atoms with Gasteiger partial charge in [0.2, 0.25) is 0 Å². The van der Waals surface area contributed by atoms with Gasteiger partial charge in [-0.1, -0.05) is 49.6 Å². The number of ether oxygens (including phenoxy) is 1. The Bertz CT molecular complexity index is 810. The van der Waals surface area contributed by atoms with Crippen molar-refractivity contribution in [2.24, 2.45) is 0 Å². The van der Waals surface area contributed by atoms with E-state index in [1.54, 1.807) is 7.11 Å². The molecule has 0 saturated heterocycles. The molecular weight excluding hydrogens is 386 g/mol. The number of benzene rings is 2. The van der Waals surface area contributed by atoms with Crippen LogP contribution in [-0.4, -0.2) is 46.3 Å². The summed E-state index contributed by atoms with van der Waals surface area (Å²) in [6.45, 7) is 3.60. The molecule has 0 aliphatic carbocycles. The molecule has 0 atom stereocenters. The number of carbonyl (C=O) groups excluding carboxylic acids is 1. The van der Waals surface area contributed by atoms with Crippen molar-refractivity contribution in [3.8, 4) is 0 Å². The standard InChI is InChI=1S/C26H37N3O2/c1-28(18-15-22-11-7-6-8-12-22)24-13-14-25-23(19-24)20-27-16-9-4-3-5-10-17-29(25)26(30)21-31-2/h6-8,11-14,19,27H,3-5,9-10,15-18,20-21H2,1-2H3. The Hall–Kier alpha value is -2.37. The second-order valence-electron chi connectivity index (χ2n) is 8.39. The number of rotatable bonds is 6. The first-order chi connectivity index (χ1) is 15.2. The lowest BCUT2D eigenvalue weighted by Crippen LogP contribution is -2.36. The van der Waals surface area contributed by atoms with Crippen molar-refractivity contribution >= 4 is 17.3 Å². The molecule has 1 N–H and O–H groups in total. The van der Waals surface area contributed by atoms with Crippen LogP contribution in [0.2, 0.25) is 0 Å². The van der Waals surface area contributed by atoms with Gasteiger partial charge in [-0.15, -0.1) is 0 Å². The van der Waals surface area contributed by atoms with E-state index in [0.29, 0.717) is 0 Å². The van der Waals surface area contributed by atoms with Gasteiger partial charge in [0, 0.05) is 45.2 Å². The van der Waals surface area contributed by atoms with Gasteiger partial charge in [0.15, 0.2) is 0 Å². The molecule has 1 aliphatic heterocycles. The Morgan fingerprint density at radius 2 is 1.84 bits per heavy atom. The summed E-state index contributed by atoms with van der Waals surface area (Å²) in [6, 6.07) is 17.1. The van der Waals surface area contributed by atoms with E-state index >= 15 is 0 Å². The molecule has 1 aliphatic rings. The van der Waals surface area contributed by atoms with Crippen LogP contribution in [0.3, 0.4) is 0 Å². The van der Waals surface area contributed by atoms with Crippen molar-refractivity contribution < 1.29 is 9.53 Å². The van der Waals surface area contributed by atoms with E-state index in [1.807, 2.05) is 4.90 Å². The van der Waals surface area contributed by atoms with Gasteiger partial charge in [-0.05, 0) is 55.1 Å². The maximum absolute atomic E-state index is 12.8. The molecule has 2 aromatic carbocycles. The van der Waals surface area contributed by atoms with Crippen LogP contribution in [-0.2, 0) is 22.5 Å². The minimum Gasteiger partial charge on any atom is -0.375 e. The first-order valence-electron chi connectivity index (χ1n) is 11.6. The Morgan fingerprint density at radius 1 is 1.06 bits per heavy atom. The largest absolute Gasteiger partial charge is 0.375 e. The quantitative estimate of drug-likeness (QED) is 0.748. The lowest BCUT2D eigenvalue weighted by Gasteiger charge is -2.28. The molecule has 0 radical (unpaired) electrons. The molecule has 0 saturated carbocycles. The van der Waals surface area contributed by atoms with Gasteiger partial charge in [0.1, 0.15) is 6.61 Å².